The second-order valence-corrected chi connectivity index (χ2v) is 24.1. The maximum Gasteiger partial charge on any atom is 0.324 e. The standard InChI is InChI=1S/C14H16O6.C13H14O6.2C10H12O3.2C7H12O6.C4H6O4.2C3H4O4.2C3H2O3.C2H2.3CH4O/c1-17-12(15)7-13(16)20-11-8-18-14(19-9-11)10-5-3-2-4-6-10;14-11(15)6-12(16)19-10-7-17-13(18-8-10)9-4-2-1-3-5-9;2*11-9-6-12-10(13-7-9)8-4-2-1-3-5-8;2*1-12-6(10)2-7(11)13-5(3-8)4-9;1-8-4(7)2-3(5)6;2*4-2(5)1-3(6)7;2*4-2-1-3(5)6-2;4*1-2/h2-6,11,14H,7-9H2,1H3;1-5,10,13H,6-8H2,(H,14,15);2*1-5,9-11H,6-7H2;2*5,8-9H,2-4H2,1H3;2H2,1H3,(H,5,6);2*1H2,(H,4,5)(H,6,7);2*1H2;1-2H;3*2H,1H3. The van der Waals surface area contributed by atoms with Crippen LogP contribution >= 0.6 is 0 Å². The Morgan fingerprint density at radius 1 is 0.301 bits per heavy atom. The number of hydrogen-bond acceptors (Lipinski definition) is 45. The number of rotatable bonds is 26. The number of methoxy groups -OCH3 is 4. The zero-order valence-corrected chi connectivity index (χ0v) is 72.7. The zero-order chi connectivity index (χ0) is 102. The van der Waals surface area contributed by atoms with Gasteiger partial charge in [0.15, 0.2) is 25.2 Å². The Morgan fingerprint density at radius 2 is 0.481 bits per heavy atom. The third-order valence-corrected chi connectivity index (χ3v) is 13.8. The molecule has 6 heterocycles. The fourth-order valence-electron chi connectivity index (χ4n) is 8.10. The van der Waals surface area contributed by atoms with Gasteiger partial charge in [0.05, 0.1) is 108 Å². The molecule has 51 nitrogen and oxygen atoms in total. The number of esters is 12. The summed E-state index contributed by atoms with van der Waals surface area (Å²) in [6.07, 6.45) is -1.88. The van der Waals surface area contributed by atoms with Crippen molar-refractivity contribution in [2.75, 3.05) is 129 Å². The molecule has 0 aromatic heterocycles. The monoisotopic (exact) mass is 1910 g/mol. The SMILES string of the molecule is C#C.CO.CO.CO.COC(=O)CC(=O)O.COC(=O)CC(=O)OC(CO)CO.COC(=O)CC(=O)OC(CO)CO.COC(=O)CC(=O)OC1COC(c2ccccc2)OC1.O=C(O)CC(=O)O.O=C(O)CC(=O)O.O=C(O)CC(=O)OC1COC(c2ccccc2)OC1.O=C1CC(=O)O1.O=C1CC(=O)O1.OC1COC(c2ccccc2)OC1.OC1COC(c2ccccc2)OC1. The van der Waals surface area contributed by atoms with Gasteiger partial charge in [-0.15, -0.1) is 12.8 Å². The molecule has 0 bridgehead atoms. The van der Waals surface area contributed by atoms with E-state index in [9.17, 15) is 86.3 Å². The van der Waals surface area contributed by atoms with Gasteiger partial charge in [0.25, 0.3) is 0 Å². The number of cyclic esters (lactones) is 4. The van der Waals surface area contributed by atoms with Gasteiger partial charge in [-0.1, -0.05) is 121 Å². The molecule has 133 heavy (non-hydrogen) atoms. The molecule has 51 heteroatoms. The van der Waals surface area contributed by atoms with Gasteiger partial charge in [-0.2, -0.15) is 0 Å². The summed E-state index contributed by atoms with van der Waals surface area (Å²) in [6, 6.07) is 38.3. The predicted octanol–water partition coefficient (Wildman–Crippen LogP) is -1.88. The topological polar surface area (TPSA) is 777 Å². The van der Waals surface area contributed by atoms with Crippen molar-refractivity contribution < 1.29 is 248 Å². The molecule has 0 aliphatic carbocycles. The molecule has 4 aromatic carbocycles. The summed E-state index contributed by atoms with van der Waals surface area (Å²) < 4.78 is 86.6. The summed E-state index contributed by atoms with van der Waals surface area (Å²) in [5.41, 5.74) is 3.79. The molecule has 15 N–H and O–H groups in total. The Labute approximate surface area is 758 Å². The lowest BCUT2D eigenvalue weighted by Gasteiger charge is -2.29. The van der Waals surface area contributed by atoms with Crippen LogP contribution < -0.4 is 0 Å². The van der Waals surface area contributed by atoms with Gasteiger partial charge in [0.2, 0.25) is 0 Å². The van der Waals surface area contributed by atoms with Gasteiger partial charge in [0, 0.05) is 43.6 Å². The van der Waals surface area contributed by atoms with Crippen LogP contribution in [0.1, 0.15) is 105 Å². The van der Waals surface area contributed by atoms with Crippen molar-refractivity contribution in [1.82, 2.24) is 0 Å². The Morgan fingerprint density at radius 3 is 0.647 bits per heavy atom. The molecule has 6 aliphatic heterocycles. The molecule has 4 aromatic rings. The fourth-order valence-corrected chi connectivity index (χ4v) is 8.10. The number of carboxylic acid groups (broad SMARTS) is 6. The van der Waals surface area contributed by atoms with E-state index in [0.29, 0.717) is 26.4 Å². The second-order valence-electron chi connectivity index (χ2n) is 24.1. The predicted molar refractivity (Wildman–Crippen MR) is 436 cm³/mol. The molecule has 0 atom stereocenters. The highest BCUT2D eigenvalue weighted by molar-refractivity contribution is 6.06. The van der Waals surface area contributed by atoms with Gasteiger partial charge in [0.1, 0.15) is 94.4 Å². The third kappa shape index (κ3) is 71.1. The van der Waals surface area contributed by atoms with E-state index in [1.54, 1.807) is 0 Å². The van der Waals surface area contributed by atoms with Crippen molar-refractivity contribution >= 4 is 107 Å². The largest absolute Gasteiger partial charge is 0.481 e. The number of benzene rings is 4. The number of carbonyl (C=O) groups is 18. The van der Waals surface area contributed by atoms with E-state index in [4.69, 9.17) is 124 Å². The maximum absolute atomic E-state index is 11.4. The minimum atomic E-state index is -1.31. The van der Waals surface area contributed by atoms with Crippen LogP contribution in [0.15, 0.2) is 121 Å². The van der Waals surface area contributed by atoms with Crippen molar-refractivity contribution in [3.05, 3.63) is 144 Å². The van der Waals surface area contributed by atoms with Gasteiger partial charge < -0.3 is 162 Å². The number of ether oxygens (including phenoxy) is 18. The molecule has 0 unspecified atom stereocenters. The van der Waals surface area contributed by atoms with Gasteiger partial charge in [-0.3, -0.25) is 86.3 Å². The van der Waals surface area contributed by atoms with Crippen LogP contribution in [0.2, 0.25) is 0 Å². The number of carbonyl (C=O) groups excluding carboxylic acids is 12. The number of aliphatic hydroxyl groups excluding tert-OH is 9. The normalized spacial score (nSPS) is 17.3. The minimum Gasteiger partial charge on any atom is -0.481 e. The van der Waals surface area contributed by atoms with E-state index in [2.05, 4.69) is 50.7 Å². The van der Waals surface area contributed by atoms with Crippen LogP contribution in [-0.2, 0) is 172 Å². The summed E-state index contributed by atoms with van der Waals surface area (Å²) in [6.45, 7) is 0.284. The molecule has 0 saturated carbocycles. The van der Waals surface area contributed by atoms with E-state index in [1.165, 1.54) is 7.11 Å². The van der Waals surface area contributed by atoms with E-state index >= 15 is 0 Å². The molecule has 6 saturated heterocycles. The van der Waals surface area contributed by atoms with Crippen LogP contribution in [-0.4, -0.2) is 350 Å². The van der Waals surface area contributed by atoms with Crippen molar-refractivity contribution in [1.29, 1.82) is 0 Å². The molecular weight excluding hydrogens is 1800 g/mol. The van der Waals surface area contributed by atoms with E-state index < -0.39 is 228 Å². The summed E-state index contributed by atoms with van der Waals surface area (Å²) in [5.74, 6) is -15.2. The Bertz CT molecular complexity index is 3750. The number of carboxylic acids is 6. The zero-order valence-electron chi connectivity index (χ0n) is 72.7. The Hall–Kier alpha value is -13.4. The average Bonchev–Trinajstić information content (AvgIpc) is 0.869. The lowest BCUT2D eigenvalue weighted by molar-refractivity contribution is -0.229. The molecule has 0 radical (unpaired) electrons. The summed E-state index contributed by atoms with van der Waals surface area (Å²) in [4.78, 5) is 183. The third-order valence-electron chi connectivity index (χ3n) is 13.8. The molecule has 0 spiro atoms. The van der Waals surface area contributed by atoms with E-state index in [-0.39, 0.29) is 51.8 Å². The lowest BCUT2D eigenvalue weighted by Crippen LogP contribution is -2.35. The van der Waals surface area contributed by atoms with Crippen LogP contribution in [0, 0.1) is 12.8 Å². The van der Waals surface area contributed by atoms with Crippen LogP contribution in [0.25, 0.3) is 0 Å². The van der Waals surface area contributed by atoms with Crippen LogP contribution in [0.3, 0.4) is 0 Å². The molecule has 10 rings (SSSR count). The first kappa shape index (κ1) is 128. The van der Waals surface area contributed by atoms with Gasteiger partial charge in [-0.25, -0.2) is 0 Å². The van der Waals surface area contributed by atoms with Crippen LogP contribution in [0.4, 0.5) is 0 Å². The molecular formula is C82H110O51. The number of aliphatic hydroxyl groups is 9. The lowest BCUT2D eigenvalue weighted by atomic mass is 10.2. The summed E-state index contributed by atoms with van der Waals surface area (Å²) >= 11 is 0. The number of terminal acetylenes is 1. The maximum atomic E-state index is 11.4. The van der Waals surface area contributed by atoms with E-state index in [1.807, 2.05) is 121 Å². The van der Waals surface area contributed by atoms with Crippen LogP contribution in [0.5, 0.6) is 0 Å². The second kappa shape index (κ2) is 81.8. The van der Waals surface area contributed by atoms with Crippen molar-refractivity contribution in [2.45, 2.75) is 120 Å². The molecule has 0 amide bonds. The minimum absolute atomic E-state index is 0.0278. The van der Waals surface area contributed by atoms with Crippen molar-refractivity contribution in [3.63, 3.8) is 0 Å². The number of aliphatic carboxylic acids is 6. The summed E-state index contributed by atoms with van der Waals surface area (Å²) in [5, 5.41) is 120. The first-order valence-electron chi connectivity index (χ1n) is 37.8. The fraction of sp³-hybridized carbons (Fsp3) is 0.463. The number of hydrogen-bond donors (Lipinski definition) is 15. The van der Waals surface area contributed by atoms with Crippen molar-refractivity contribution in [2.24, 2.45) is 0 Å². The van der Waals surface area contributed by atoms with Gasteiger partial charge >= 0.3 is 107 Å². The van der Waals surface area contributed by atoms with Crippen molar-refractivity contribution in [3.8, 4) is 12.8 Å². The average molecular weight is 1910 g/mol. The highest BCUT2D eigenvalue weighted by atomic mass is 16.7. The molecule has 6 aliphatic rings. The highest BCUT2D eigenvalue weighted by Crippen LogP contribution is 2.27. The smallest absolute Gasteiger partial charge is 0.324 e. The van der Waals surface area contributed by atoms with E-state index in [0.717, 1.165) is 64.9 Å². The molecule has 744 valence electrons. The highest BCUT2D eigenvalue weighted by Gasteiger charge is 2.31. The quantitative estimate of drug-likeness (QED) is 0.0142. The van der Waals surface area contributed by atoms with Gasteiger partial charge in [-0.05, 0) is 0 Å². The first-order chi connectivity index (χ1) is 63.3. The summed E-state index contributed by atoms with van der Waals surface area (Å²) in [7, 11) is 7.65. The molecule has 6 fully saturated rings. The first-order valence-corrected chi connectivity index (χ1v) is 37.8. The Kier molecular flexibility index (Phi) is 78.8. The Balaban J connectivity index is -0.000000457.